The molecule has 1 saturated carbocycles. The minimum absolute atomic E-state index is 0.373. The number of hydrogen-bond donors (Lipinski definition) is 1. The van der Waals surface area contributed by atoms with E-state index in [0.717, 1.165) is 18.9 Å². The van der Waals surface area contributed by atoms with Crippen molar-refractivity contribution in [3.05, 3.63) is 0 Å². The monoisotopic (exact) mass is 227 g/mol. The second-order valence-corrected chi connectivity index (χ2v) is 5.52. The maximum Gasteiger partial charge on any atom is 0.0465 e. The van der Waals surface area contributed by atoms with Crippen molar-refractivity contribution in [2.75, 3.05) is 13.7 Å². The zero-order chi connectivity index (χ0) is 11.8. The molecule has 2 unspecified atom stereocenters. The molecular weight excluding hydrogens is 198 g/mol. The summed E-state index contributed by atoms with van der Waals surface area (Å²) in [7, 11) is 1.77. The van der Waals surface area contributed by atoms with Crippen LogP contribution in [0.3, 0.4) is 0 Å². The van der Waals surface area contributed by atoms with Crippen LogP contribution < -0.4 is 5.73 Å². The lowest BCUT2D eigenvalue weighted by molar-refractivity contribution is 0.170. The van der Waals surface area contributed by atoms with Crippen LogP contribution in [0.25, 0.3) is 0 Å². The number of ether oxygens (including phenoxy) is 1. The molecule has 2 heteroatoms. The van der Waals surface area contributed by atoms with Gasteiger partial charge in [0, 0.05) is 19.8 Å². The van der Waals surface area contributed by atoms with Gasteiger partial charge >= 0.3 is 0 Å². The normalized spacial score (nSPS) is 22.7. The van der Waals surface area contributed by atoms with Gasteiger partial charge in [0.2, 0.25) is 0 Å². The smallest absolute Gasteiger partial charge is 0.0465 e. The number of methoxy groups -OCH3 is 1. The van der Waals surface area contributed by atoms with Crippen molar-refractivity contribution >= 4 is 0 Å². The van der Waals surface area contributed by atoms with Crippen LogP contribution in [-0.2, 0) is 4.74 Å². The van der Waals surface area contributed by atoms with Crippen LogP contribution in [0.15, 0.2) is 0 Å². The Morgan fingerprint density at radius 3 is 2.38 bits per heavy atom. The minimum Gasteiger partial charge on any atom is -0.385 e. The Bertz CT molecular complexity index is 164. The highest BCUT2D eigenvalue weighted by Crippen LogP contribution is 2.27. The molecular formula is C14H29NO. The summed E-state index contributed by atoms with van der Waals surface area (Å²) in [5, 5.41) is 0. The van der Waals surface area contributed by atoms with Gasteiger partial charge in [-0.15, -0.1) is 0 Å². The summed E-state index contributed by atoms with van der Waals surface area (Å²) in [4.78, 5) is 0. The van der Waals surface area contributed by atoms with Crippen LogP contribution >= 0.6 is 0 Å². The summed E-state index contributed by atoms with van der Waals surface area (Å²) in [5.41, 5.74) is 6.28. The third kappa shape index (κ3) is 5.31. The highest BCUT2D eigenvalue weighted by Gasteiger charge is 2.19. The van der Waals surface area contributed by atoms with E-state index in [2.05, 4.69) is 6.92 Å². The average Bonchev–Trinajstić information content (AvgIpc) is 2.54. The van der Waals surface area contributed by atoms with Crippen LogP contribution in [0.4, 0.5) is 0 Å². The first-order valence-electron chi connectivity index (χ1n) is 6.98. The van der Waals surface area contributed by atoms with E-state index in [1.807, 2.05) is 0 Å². The van der Waals surface area contributed by atoms with Crippen molar-refractivity contribution in [1.82, 2.24) is 0 Å². The van der Waals surface area contributed by atoms with Crippen molar-refractivity contribution in [3.8, 4) is 0 Å². The van der Waals surface area contributed by atoms with Crippen molar-refractivity contribution < 1.29 is 4.74 Å². The Hall–Kier alpha value is -0.0800. The van der Waals surface area contributed by atoms with Gasteiger partial charge in [-0.05, 0) is 24.7 Å². The van der Waals surface area contributed by atoms with E-state index >= 15 is 0 Å². The lowest BCUT2D eigenvalue weighted by Crippen LogP contribution is -2.31. The summed E-state index contributed by atoms with van der Waals surface area (Å²) in [6, 6.07) is 0.373. The van der Waals surface area contributed by atoms with Crippen molar-refractivity contribution in [3.63, 3.8) is 0 Å². The predicted molar refractivity (Wildman–Crippen MR) is 69.4 cm³/mol. The van der Waals surface area contributed by atoms with Crippen LogP contribution in [0.5, 0.6) is 0 Å². The average molecular weight is 227 g/mol. The van der Waals surface area contributed by atoms with Gasteiger partial charge in [0.25, 0.3) is 0 Å². The molecule has 0 amide bonds. The van der Waals surface area contributed by atoms with Crippen molar-refractivity contribution in [1.29, 1.82) is 0 Å². The van der Waals surface area contributed by atoms with Crippen LogP contribution in [0.1, 0.15) is 58.3 Å². The van der Waals surface area contributed by atoms with Gasteiger partial charge in [-0.3, -0.25) is 0 Å². The number of nitrogens with two attached hydrogens (primary N) is 1. The number of hydrogen-bond acceptors (Lipinski definition) is 2. The van der Waals surface area contributed by atoms with Gasteiger partial charge in [-0.1, -0.05) is 45.4 Å². The SMILES string of the molecule is COCCC(C)C(N)CC1CCCCCC1. The Kier molecular flexibility index (Phi) is 7.06. The molecule has 0 aromatic heterocycles. The highest BCUT2D eigenvalue weighted by molar-refractivity contribution is 4.75. The number of rotatable bonds is 6. The van der Waals surface area contributed by atoms with Crippen molar-refractivity contribution in [2.24, 2.45) is 17.6 Å². The molecule has 16 heavy (non-hydrogen) atoms. The molecule has 0 spiro atoms. The third-order valence-corrected chi connectivity index (χ3v) is 4.09. The van der Waals surface area contributed by atoms with Crippen LogP contribution in [0.2, 0.25) is 0 Å². The Balaban J connectivity index is 2.22. The van der Waals surface area contributed by atoms with Crippen molar-refractivity contribution in [2.45, 2.75) is 64.3 Å². The molecule has 2 N–H and O–H groups in total. The molecule has 1 fully saturated rings. The van der Waals surface area contributed by atoms with E-state index in [0.29, 0.717) is 12.0 Å². The van der Waals surface area contributed by atoms with Gasteiger partial charge in [-0.2, -0.15) is 0 Å². The largest absolute Gasteiger partial charge is 0.385 e. The van der Waals surface area contributed by atoms with Gasteiger partial charge < -0.3 is 10.5 Å². The first kappa shape index (κ1) is 14.0. The van der Waals surface area contributed by atoms with E-state index in [-0.39, 0.29) is 0 Å². The molecule has 0 saturated heterocycles. The highest BCUT2D eigenvalue weighted by atomic mass is 16.5. The molecule has 0 aromatic carbocycles. The molecule has 96 valence electrons. The van der Waals surface area contributed by atoms with Crippen LogP contribution in [-0.4, -0.2) is 19.8 Å². The first-order chi connectivity index (χ1) is 7.74. The van der Waals surface area contributed by atoms with E-state index in [9.17, 15) is 0 Å². The fourth-order valence-corrected chi connectivity index (χ4v) is 2.73. The molecule has 0 radical (unpaired) electrons. The first-order valence-corrected chi connectivity index (χ1v) is 6.98. The maximum absolute atomic E-state index is 6.28. The standard InChI is InChI=1S/C14H29NO/c1-12(9-10-16-2)14(15)11-13-7-5-3-4-6-8-13/h12-14H,3-11,15H2,1-2H3. The molecule has 2 atom stereocenters. The zero-order valence-electron chi connectivity index (χ0n) is 11.1. The third-order valence-electron chi connectivity index (χ3n) is 4.09. The Labute approximate surface area is 101 Å². The molecule has 2 nitrogen and oxygen atoms in total. The summed E-state index contributed by atoms with van der Waals surface area (Å²) in [5.74, 6) is 1.49. The van der Waals surface area contributed by atoms with Gasteiger partial charge in [-0.25, -0.2) is 0 Å². The second kappa shape index (κ2) is 8.08. The zero-order valence-corrected chi connectivity index (χ0v) is 11.1. The van der Waals surface area contributed by atoms with Gasteiger partial charge in [0.15, 0.2) is 0 Å². The predicted octanol–water partition coefficient (Wildman–Crippen LogP) is 3.35. The van der Waals surface area contributed by atoms with E-state index in [4.69, 9.17) is 10.5 Å². The molecule has 1 aliphatic rings. The van der Waals surface area contributed by atoms with E-state index in [1.54, 1.807) is 7.11 Å². The lowest BCUT2D eigenvalue weighted by atomic mass is 9.87. The molecule has 0 heterocycles. The molecule has 1 rings (SSSR count). The fourth-order valence-electron chi connectivity index (χ4n) is 2.73. The van der Waals surface area contributed by atoms with E-state index < -0.39 is 0 Å². The van der Waals surface area contributed by atoms with E-state index in [1.165, 1.54) is 44.9 Å². The summed E-state index contributed by atoms with van der Waals surface area (Å²) in [6.45, 7) is 3.11. The quantitative estimate of drug-likeness (QED) is 0.706. The Morgan fingerprint density at radius 1 is 1.19 bits per heavy atom. The van der Waals surface area contributed by atoms with Crippen LogP contribution in [0, 0.1) is 11.8 Å². The molecule has 1 aliphatic carbocycles. The van der Waals surface area contributed by atoms with Gasteiger partial charge in [0.1, 0.15) is 0 Å². The maximum atomic E-state index is 6.28. The minimum atomic E-state index is 0.373. The van der Waals surface area contributed by atoms with Gasteiger partial charge in [0.05, 0.1) is 0 Å². The molecule has 0 bridgehead atoms. The summed E-state index contributed by atoms with van der Waals surface area (Å²) in [6.07, 6.45) is 10.9. The lowest BCUT2D eigenvalue weighted by Gasteiger charge is -2.24. The Morgan fingerprint density at radius 2 is 1.81 bits per heavy atom. The second-order valence-electron chi connectivity index (χ2n) is 5.52. The summed E-state index contributed by atoms with van der Waals surface area (Å²) >= 11 is 0. The summed E-state index contributed by atoms with van der Waals surface area (Å²) < 4.78 is 5.12. The fraction of sp³-hybridized carbons (Fsp3) is 1.00. The molecule has 0 aromatic rings. The topological polar surface area (TPSA) is 35.2 Å². The molecule has 0 aliphatic heterocycles.